The summed E-state index contributed by atoms with van der Waals surface area (Å²) >= 11 is 0. The maximum atomic E-state index is 8.62. The van der Waals surface area contributed by atoms with E-state index in [2.05, 4.69) is 25.8 Å². The molecule has 16 heavy (non-hydrogen) atoms. The molecule has 1 aliphatic heterocycles. The highest BCUT2D eigenvalue weighted by molar-refractivity contribution is 5.42. The van der Waals surface area contributed by atoms with Gasteiger partial charge in [-0.25, -0.2) is 4.98 Å². The van der Waals surface area contributed by atoms with Crippen molar-refractivity contribution in [3.63, 3.8) is 0 Å². The lowest BCUT2D eigenvalue weighted by Gasteiger charge is -2.34. The molecule has 0 spiro atoms. The highest BCUT2D eigenvalue weighted by atomic mass is 15.3. The van der Waals surface area contributed by atoms with Crippen LogP contribution in [0.25, 0.3) is 0 Å². The number of anilines is 1. The van der Waals surface area contributed by atoms with E-state index in [1.54, 1.807) is 12.4 Å². The maximum absolute atomic E-state index is 8.62. The molecule has 1 aromatic heterocycles. The van der Waals surface area contributed by atoms with E-state index < -0.39 is 0 Å². The van der Waals surface area contributed by atoms with Crippen molar-refractivity contribution in [2.75, 3.05) is 37.6 Å². The molecule has 1 aliphatic rings. The van der Waals surface area contributed by atoms with Gasteiger partial charge in [-0.05, 0) is 6.92 Å². The molecule has 1 aromatic rings. The number of aryl methyl sites for hydroxylation is 1. The zero-order chi connectivity index (χ0) is 11.4. The highest BCUT2D eigenvalue weighted by Gasteiger charge is 2.18. The van der Waals surface area contributed by atoms with E-state index in [0.717, 1.165) is 37.7 Å². The van der Waals surface area contributed by atoms with Gasteiger partial charge in [-0.3, -0.25) is 9.88 Å². The smallest absolute Gasteiger partial charge is 0.150 e. The summed E-state index contributed by atoms with van der Waals surface area (Å²) < 4.78 is 0. The average molecular weight is 217 g/mol. The Hall–Kier alpha value is -1.67. The Balaban J connectivity index is 2.00. The lowest BCUT2D eigenvalue weighted by Crippen LogP contribution is -2.47. The Bertz CT molecular complexity index is 390. The third-order valence-electron chi connectivity index (χ3n) is 2.82. The lowest BCUT2D eigenvalue weighted by molar-refractivity contribution is 0.286. The molecule has 1 saturated heterocycles. The molecule has 0 amide bonds. The van der Waals surface area contributed by atoms with Crippen molar-refractivity contribution in [1.29, 1.82) is 5.26 Å². The van der Waals surface area contributed by atoms with E-state index >= 15 is 0 Å². The Labute approximate surface area is 95.3 Å². The Morgan fingerprint density at radius 3 is 2.56 bits per heavy atom. The van der Waals surface area contributed by atoms with Crippen LogP contribution in [0.1, 0.15) is 5.69 Å². The summed E-state index contributed by atoms with van der Waals surface area (Å²) in [4.78, 5) is 13.0. The topological polar surface area (TPSA) is 56.1 Å². The zero-order valence-electron chi connectivity index (χ0n) is 9.43. The van der Waals surface area contributed by atoms with Crippen LogP contribution in [0.3, 0.4) is 0 Å². The van der Waals surface area contributed by atoms with Gasteiger partial charge in [0, 0.05) is 38.6 Å². The zero-order valence-corrected chi connectivity index (χ0v) is 9.43. The molecular formula is C11H15N5. The molecule has 0 radical (unpaired) electrons. The number of piperazine rings is 1. The van der Waals surface area contributed by atoms with Gasteiger partial charge in [-0.1, -0.05) is 0 Å². The van der Waals surface area contributed by atoms with E-state index in [4.69, 9.17) is 5.26 Å². The molecule has 0 bridgehead atoms. The first-order valence-corrected chi connectivity index (χ1v) is 5.43. The van der Waals surface area contributed by atoms with Crippen LogP contribution in [0.5, 0.6) is 0 Å². The summed E-state index contributed by atoms with van der Waals surface area (Å²) in [7, 11) is 0. The Morgan fingerprint density at radius 2 is 1.94 bits per heavy atom. The van der Waals surface area contributed by atoms with Gasteiger partial charge >= 0.3 is 0 Å². The van der Waals surface area contributed by atoms with Gasteiger partial charge in [0.25, 0.3) is 0 Å². The first-order valence-electron chi connectivity index (χ1n) is 5.43. The molecule has 84 valence electrons. The van der Waals surface area contributed by atoms with Gasteiger partial charge in [-0.2, -0.15) is 5.26 Å². The van der Waals surface area contributed by atoms with Gasteiger partial charge in [0.1, 0.15) is 5.82 Å². The van der Waals surface area contributed by atoms with E-state index in [1.165, 1.54) is 0 Å². The van der Waals surface area contributed by atoms with E-state index in [1.807, 2.05) is 6.92 Å². The molecule has 0 saturated carbocycles. The molecular weight excluding hydrogens is 202 g/mol. The van der Waals surface area contributed by atoms with E-state index in [0.29, 0.717) is 6.54 Å². The molecule has 1 fully saturated rings. The van der Waals surface area contributed by atoms with Gasteiger partial charge in [0.2, 0.25) is 0 Å². The molecule has 2 heterocycles. The second-order valence-corrected chi connectivity index (χ2v) is 3.89. The van der Waals surface area contributed by atoms with Crippen molar-refractivity contribution in [2.45, 2.75) is 6.92 Å². The fraction of sp³-hybridized carbons (Fsp3) is 0.545. The largest absolute Gasteiger partial charge is 0.353 e. The summed E-state index contributed by atoms with van der Waals surface area (Å²) in [5.41, 5.74) is 0.969. The molecule has 0 N–H and O–H groups in total. The van der Waals surface area contributed by atoms with Crippen molar-refractivity contribution in [3.05, 3.63) is 18.1 Å². The van der Waals surface area contributed by atoms with Crippen molar-refractivity contribution >= 4 is 5.82 Å². The fourth-order valence-corrected chi connectivity index (χ4v) is 1.93. The first kappa shape index (κ1) is 10.8. The minimum absolute atomic E-state index is 0.521. The number of aromatic nitrogens is 2. The second kappa shape index (κ2) is 4.90. The summed E-state index contributed by atoms with van der Waals surface area (Å²) in [6.45, 7) is 6.17. The number of nitriles is 1. The van der Waals surface area contributed by atoms with Crippen LogP contribution in [0.15, 0.2) is 12.4 Å². The first-order chi connectivity index (χ1) is 7.81. The normalized spacial score (nSPS) is 17.1. The third-order valence-corrected chi connectivity index (χ3v) is 2.82. The fourth-order valence-electron chi connectivity index (χ4n) is 1.93. The molecule has 0 aliphatic carbocycles. The number of hydrogen-bond donors (Lipinski definition) is 0. The third kappa shape index (κ3) is 2.28. The Kier molecular flexibility index (Phi) is 3.32. The van der Waals surface area contributed by atoms with Crippen LogP contribution in [-0.4, -0.2) is 47.6 Å². The predicted molar refractivity (Wildman–Crippen MR) is 61.0 cm³/mol. The SMILES string of the molecule is Cc1nccnc1N1CCN(CC#N)CC1. The monoisotopic (exact) mass is 217 g/mol. The molecule has 2 rings (SSSR count). The van der Waals surface area contributed by atoms with Gasteiger partial charge in [-0.15, -0.1) is 0 Å². The van der Waals surface area contributed by atoms with Crippen molar-refractivity contribution < 1.29 is 0 Å². The Morgan fingerprint density at radius 1 is 1.25 bits per heavy atom. The molecule has 0 atom stereocenters. The van der Waals surface area contributed by atoms with Crippen LogP contribution in [0.4, 0.5) is 5.82 Å². The molecule has 5 heteroatoms. The number of nitrogens with zero attached hydrogens (tertiary/aromatic N) is 5. The van der Waals surface area contributed by atoms with Crippen molar-refractivity contribution in [3.8, 4) is 6.07 Å². The quantitative estimate of drug-likeness (QED) is 0.672. The second-order valence-electron chi connectivity index (χ2n) is 3.89. The minimum Gasteiger partial charge on any atom is -0.353 e. The molecule has 5 nitrogen and oxygen atoms in total. The van der Waals surface area contributed by atoms with E-state index in [-0.39, 0.29) is 0 Å². The van der Waals surface area contributed by atoms with Crippen LogP contribution < -0.4 is 4.90 Å². The predicted octanol–water partition coefficient (Wildman–Crippen LogP) is 0.431. The highest BCUT2D eigenvalue weighted by Crippen LogP contribution is 2.15. The number of rotatable bonds is 2. The van der Waals surface area contributed by atoms with Crippen molar-refractivity contribution in [1.82, 2.24) is 14.9 Å². The van der Waals surface area contributed by atoms with E-state index in [9.17, 15) is 0 Å². The van der Waals surface area contributed by atoms with Crippen LogP contribution in [-0.2, 0) is 0 Å². The molecule has 0 unspecified atom stereocenters. The van der Waals surface area contributed by atoms with Crippen LogP contribution >= 0.6 is 0 Å². The minimum atomic E-state index is 0.521. The summed E-state index contributed by atoms with van der Waals surface area (Å²) in [6.07, 6.45) is 3.44. The number of hydrogen-bond acceptors (Lipinski definition) is 5. The summed E-state index contributed by atoms with van der Waals surface area (Å²) in [6, 6.07) is 2.18. The van der Waals surface area contributed by atoms with Gasteiger partial charge < -0.3 is 4.90 Å². The van der Waals surface area contributed by atoms with Crippen molar-refractivity contribution in [2.24, 2.45) is 0 Å². The van der Waals surface area contributed by atoms with Gasteiger partial charge in [0.05, 0.1) is 18.3 Å². The molecule has 0 aromatic carbocycles. The summed E-state index contributed by atoms with van der Waals surface area (Å²) in [5, 5.41) is 8.62. The summed E-state index contributed by atoms with van der Waals surface area (Å²) in [5.74, 6) is 0.971. The maximum Gasteiger partial charge on any atom is 0.150 e. The average Bonchev–Trinajstić information content (AvgIpc) is 2.31. The van der Waals surface area contributed by atoms with Crippen LogP contribution in [0, 0.1) is 18.3 Å². The van der Waals surface area contributed by atoms with Gasteiger partial charge in [0.15, 0.2) is 0 Å². The lowest BCUT2D eigenvalue weighted by atomic mass is 10.3. The standard InChI is InChI=1S/C11H15N5/c1-10-11(14-4-3-13-10)16-8-6-15(5-2-12)7-9-16/h3-4H,5-9H2,1H3. The van der Waals surface area contributed by atoms with Crippen LogP contribution in [0.2, 0.25) is 0 Å².